The number of benzene rings is 1. The molecule has 0 aliphatic carbocycles. The van der Waals surface area contributed by atoms with E-state index in [1.165, 1.54) is 0 Å². The van der Waals surface area contributed by atoms with Gasteiger partial charge in [-0.3, -0.25) is 4.98 Å². The van der Waals surface area contributed by atoms with Crippen LogP contribution in [0.4, 0.5) is 0 Å². The summed E-state index contributed by atoms with van der Waals surface area (Å²) < 4.78 is 2.08. The molecule has 2 N–H and O–H groups in total. The van der Waals surface area contributed by atoms with E-state index < -0.39 is 0 Å². The Morgan fingerprint density at radius 1 is 1.16 bits per heavy atom. The van der Waals surface area contributed by atoms with Gasteiger partial charge in [0.1, 0.15) is 0 Å². The summed E-state index contributed by atoms with van der Waals surface area (Å²) in [7, 11) is 0. The van der Waals surface area contributed by atoms with E-state index in [2.05, 4.69) is 20.6 Å². The van der Waals surface area contributed by atoms with Crippen molar-refractivity contribution in [1.82, 2.24) is 14.5 Å². The van der Waals surface area contributed by atoms with Gasteiger partial charge in [-0.2, -0.15) is 0 Å². The highest BCUT2D eigenvalue weighted by molar-refractivity contribution is 5.74. The largest absolute Gasteiger partial charge is 0.329 e. The van der Waals surface area contributed by atoms with E-state index >= 15 is 0 Å². The molecule has 2 heterocycles. The molecule has 0 aliphatic heterocycles. The lowest BCUT2D eigenvalue weighted by molar-refractivity contribution is 0.586. The van der Waals surface area contributed by atoms with Gasteiger partial charge in [0, 0.05) is 24.5 Å². The second kappa shape index (κ2) is 4.82. The van der Waals surface area contributed by atoms with E-state index in [1.54, 1.807) is 0 Å². The smallest absolute Gasteiger partial charge is 0.0958 e. The second-order valence-electron chi connectivity index (χ2n) is 4.73. The zero-order valence-corrected chi connectivity index (χ0v) is 10.8. The lowest BCUT2D eigenvalue weighted by Crippen LogP contribution is -2.17. The summed E-state index contributed by atoms with van der Waals surface area (Å²) in [5.74, 6) is 0. The van der Waals surface area contributed by atoms with Crippen molar-refractivity contribution in [3.05, 3.63) is 60.2 Å². The molecule has 1 unspecified atom stereocenters. The first-order valence-corrected chi connectivity index (χ1v) is 6.32. The highest BCUT2D eigenvalue weighted by Crippen LogP contribution is 2.17. The van der Waals surface area contributed by atoms with Gasteiger partial charge < -0.3 is 10.3 Å². The molecule has 0 spiro atoms. The number of pyridine rings is 1. The van der Waals surface area contributed by atoms with E-state index in [4.69, 9.17) is 5.73 Å². The van der Waals surface area contributed by atoms with Crippen LogP contribution < -0.4 is 5.73 Å². The number of aromatic nitrogens is 3. The number of para-hydroxylation sites is 2. The molecule has 0 amide bonds. The molecule has 1 aromatic carbocycles. The van der Waals surface area contributed by atoms with Crippen molar-refractivity contribution in [2.45, 2.75) is 19.5 Å². The third kappa shape index (κ3) is 2.35. The minimum Gasteiger partial charge on any atom is -0.329 e. The zero-order chi connectivity index (χ0) is 13.2. The summed E-state index contributed by atoms with van der Waals surface area (Å²) in [5.41, 5.74) is 10.4. The van der Waals surface area contributed by atoms with Crippen molar-refractivity contribution in [3.63, 3.8) is 0 Å². The first-order valence-electron chi connectivity index (χ1n) is 6.32. The van der Waals surface area contributed by atoms with Gasteiger partial charge in [-0.25, -0.2) is 4.98 Å². The van der Waals surface area contributed by atoms with Crippen LogP contribution in [0, 0.1) is 6.92 Å². The molecule has 1 atom stereocenters. The molecule has 0 radical (unpaired) electrons. The Morgan fingerprint density at radius 2 is 2.00 bits per heavy atom. The maximum atomic E-state index is 6.24. The Bertz CT molecular complexity index is 685. The molecule has 3 aromatic rings. The van der Waals surface area contributed by atoms with Crippen molar-refractivity contribution >= 4 is 11.0 Å². The standard InChI is InChI=1S/C15H16N4/c1-11-6-7-12(8-17-11)13(16)9-19-10-18-14-4-2-3-5-15(14)19/h2-8,10,13H,9,16H2,1H3. The van der Waals surface area contributed by atoms with Crippen LogP contribution in [0.15, 0.2) is 48.9 Å². The van der Waals surface area contributed by atoms with Crippen LogP contribution in [0.3, 0.4) is 0 Å². The van der Waals surface area contributed by atoms with Crippen LogP contribution in [-0.2, 0) is 6.54 Å². The number of nitrogens with two attached hydrogens (primary N) is 1. The monoisotopic (exact) mass is 252 g/mol. The van der Waals surface area contributed by atoms with E-state index in [1.807, 2.05) is 49.8 Å². The molecule has 0 fully saturated rings. The van der Waals surface area contributed by atoms with Gasteiger partial charge in [-0.05, 0) is 30.7 Å². The Morgan fingerprint density at radius 3 is 2.79 bits per heavy atom. The van der Waals surface area contributed by atoms with Gasteiger partial charge in [0.25, 0.3) is 0 Å². The Labute approximate surface area is 111 Å². The fourth-order valence-corrected chi connectivity index (χ4v) is 2.17. The number of hydrogen-bond donors (Lipinski definition) is 1. The van der Waals surface area contributed by atoms with E-state index in [0.29, 0.717) is 6.54 Å². The molecule has 96 valence electrons. The van der Waals surface area contributed by atoms with Crippen LogP contribution in [-0.4, -0.2) is 14.5 Å². The predicted molar refractivity (Wildman–Crippen MR) is 75.6 cm³/mol. The van der Waals surface area contributed by atoms with Gasteiger partial charge in [0.15, 0.2) is 0 Å². The molecule has 0 bridgehead atoms. The van der Waals surface area contributed by atoms with Crippen molar-refractivity contribution in [1.29, 1.82) is 0 Å². The topological polar surface area (TPSA) is 56.7 Å². The van der Waals surface area contributed by atoms with Crippen molar-refractivity contribution in [2.24, 2.45) is 5.73 Å². The van der Waals surface area contributed by atoms with Crippen LogP contribution in [0.5, 0.6) is 0 Å². The van der Waals surface area contributed by atoms with E-state index in [-0.39, 0.29) is 6.04 Å². The molecule has 3 rings (SSSR count). The fourth-order valence-electron chi connectivity index (χ4n) is 2.17. The molecule has 0 saturated heterocycles. The third-order valence-corrected chi connectivity index (χ3v) is 3.28. The molecule has 0 saturated carbocycles. The maximum Gasteiger partial charge on any atom is 0.0958 e. The lowest BCUT2D eigenvalue weighted by atomic mass is 10.1. The zero-order valence-electron chi connectivity index (χ0n) is 10.8. The summed E-state index contributed by atoms with van der Waals surface area (Å²) in [4.78, 5) is 8.66. The molecular weight excluding hydrogens is 236 g/mol. The summed E-state index contributed by atoms with van der Waals surface area (Å²) in [6, 6.07) is 12.0. The van der Waals surface area contributed by atoms with Crippen LogP contribution >= 0.6 is 0 Å². The number of aryl methyl sites for hydroxylation is 1. The third-order valence-electron chi connectivity index (χ3n) is 3.28. The quantitative estimate of drug-likeness (QED) is 0.779. The number of fused-ring (bicyclic) bond motifs is 1. The Kier molecular flexibility index (Phi) is 3.01. The molecule has 19 heavy (non-hydrogen) atoms. The molecular formula is C15H16N4. The highest BCUT2D eigenvalue weighted by atomic mass is 15.1. The van der Waals surface area contributed by atoms with Gasteiger partial charge in [-0.15, -0.1) is 0 Å². The van der Waals surface area contributed by atoms with Gasteiger partial charge in [-0.1, -0.05) is 18.2 Å². The maximum absolute atomic E-state index is 6.24. The average molecular weight is 252 g/mol. The average Bonchev–Trinajstić information content (AvgIpc) is 2.83. The lowest BCUT2D eigenvalue weighted by Gasteiger charge is -2.13. The van der Waals surface area contributed by atoms with Crippen LogP contribution in [0.1, 0.15) is 17.3 Å². The first-order chi connectivity index (χ1) is 9.24. The number of hydrogen-bond acceptors (Lipinski definition) is 3. The SMILES string of the molecule is Cc1ccc(C(N)Cn2cnc3ccccc32)cn1. The summed E-state index contributed by atoms with van der Waals surface area (Å²) in [5, 5.41) is 0. The van der Waals surface area contributed by atoms with Crippen molar-refractivity contribution in [2.75, 3.05) is 0 Å². The summed E-state index contributed by atoms with van der Waals surface area (Å²) in [6.07, 6.45) is 3.69. The van der Waals surface area contributed by atoms with Gasteiger partial charge in [0.05, 0.1) is 17.4 Å². The van der Waals surface area contributed by atoms with Gasteiger partial charge in [0.2, 0.25) is 0 Å². The number of imidazole rings is 1. The second-order valence-corrected chi connectivity index (χ2v) is 4.73. The molecule has 2 aromatic heterocycles. The minimum absolute atomic E-state index is 0.0780. The number of rotatable bonds is 3. The molecule has 4 nitrogen and oxygen atoms in total. The highest BCUT2D eigenvalue weighted by Gasteiger charge is 2.09. The van der Waals surface area contributed by atoms with Crippen LogP contribution in [0.2, 0.25) is 0 Å². The first kappa shape index (κ1) is 11.9. The summed E-state index contributed by atoms with van der Waals surface area (Å²) in [6.45, 7) is 2.67. The summed E-state index contributed by atoms with van der Waals surface area (Å²) >= 11 is 0. The fraction of sp³-hybridized carbons (Fsp3) is 0.200. The number of nitrogens with zero attached hydrogens (tertiary/aromatic N) is 3. The van der Waals surface area contributed by atoms with Crippen molar-refractivity contribution in [3.8, 4) is 0 Å². The molecule has 0 aliphatic rings. The van der Waals surface area contributed by atoms with E-state index in [9.17, 15) is 0 Å². The Balaban J connectivity index is 1.86. The van der Waals surface area contributed by atoms with Crippen LogP contribution in [0.25, 0.3) is 11.0 Å². The van der Waals surface area contributed by atoms with Crippen molar-refractivity contribution < 1.29 is 0 Å². The predicted octanol–water partition coefficient (Wildman–Crippen LogP) is 2.44. The molecule has 4 heteroatoms. The van der Waals surface area contributed by atoms with E-state index in [0.717, 1.165) is 22.3 Å². The Hall–Kier alpha value is -2.20. The van der Waals surface area contributed by atoms with Gasteiger partial charge >= 0.3 is 0 Å². The normalized spacial score (nSPS) is 12.7. The minimum atomic E-state index is -0.0780.